The maximum atomic E-state index is 12.6. The number of rotatable bonds is 5. The van der Waals surface area contributed by atoms with E-state index in [1.54, 1.807) is 0 Å². The van der Waals surface area contributed by atoms with Crippen molar-refractivity contribution >= 4 is 0 Å². The summed E-state index contributed by atoms with van der Waals surface area (Å²) in [6, 6.07) is 1.47. The molecule has 0 saturated heterocycles. The second-order valence-corrected chi connectivity index (χ2v) is 6.24. The van der Waals surface area contributed by atoms with Crippen LogP contribution >= 0.6 is 0 Å². The van der Waals surface area contributed by atoms with Crippen LogP contribution in [0.3, 0.4) is 0 Å². The molecule has 0 bridgehead atoms. The topological polar surface area (TPSA) is 15.3 Å². The van der Waals surface area contributed by atoms with Crippen LogP contribution in [0.15, 0.2) is 0 Å². The quantitative estimate of drug-likeness (QED) is 0.831. The Hall–Kier alpha value is -0.290. The molecule has 0 aromatic heterocycles. The van der Waals surface area contributed by atoms with Crippen molar-refractivity contribution in [1.82, 2.24) is 10.2 Å². The predicted octanol–water partition coefficient (Wildman–Crippen LogP) is 3.18. The monoisotopic (exact) mass is 278 g/mol. The zero-order chi connectivity index (χ0) is 14.0. The van der Waals surface area contributed by atoms with Crippen molar-refractivity contribution in [3.63, 3.8) is 0 Å². The second-order valence-electron chi connectivity index (χ2n) is 6.24. The van der Waals surface area contributed by atoms with E-state index in [1.807, 2.05) is 0 Å². The van der Waals surface area contributed by atoms with E-state index >= 15 is 0 Å². The molecule has 0 spiro atoms. The van der Waals surface area contributed by atoms with Gasteiger partial charge in [-0.2, -0.15) is 13.2 Å². The molecule has 2 saturated carbocycles. The Bertz CT molecular complexity index is 281. The highest BCUT2D eigenvalue weighted by Crippen LogP contribution is 2.37. The SMILES string of the molecule is CC(CNC1CCC(C(F)(F)F)CC1)N(C)C1CC1. The Balaban J connectivity index is 1.65. The minimum absolute atomic E-state index is 0.272. The number of nitrogens with zero attached hydrogens (tertiary/aromatic N) is 1. The molecule has 2 aliphatic rings. The van der Waals surface area contributed by atoms with Crippen LogP contribution in [0.2, 0.25) is 0 Å². The zero-order valence-electron chi connectivity index (χ0n) is 11.8. The minimum atomic E-state index is -4.00. The second kappa shape index (κ2) is 6.00. The van der Waals surface area contributed by atoms with Gasteiger partial charge in [-0.3, -0.25) is 4.90 Å². The number of halogens is 3. The van der Waals surface area contributed by atoms with Crippen LogP contribution in [0.1, 0.15) is 45.4 Å². The van der Waals surface area contributed by atoms with Gasteiger partial charge >= 0.3 is 6.18 Å². The molecule has 0 heterocycles. The lowest BCUT2D eigenvalue weighted by Crippen LogP contribution is -2.44. The van der Waals surface area contributed by atoms with Gasteiger partial charge in [0.05, 0.1) is 5.92 Å². The van der Waals surface area contributed by atoms with Crippen molar-refractivity contribution < 1.29 is 13.2 Å². The van der Waals surface area contributed by atoms with Gasteiger partial charge in [0.15, 0.2) is 0 Å². The molecule has 0 aromatic carbocycles. The lowest BCUT2D eigenvalue weighted by molar-refractivity contribution is -0.182. The number of alkyl halides is 3. The Kier molecular flexibility index (Phi) is 4.77. The van der Waals surface area contributed by atoms with Crippen molar-refractivity contribution in [2.24, 2.45) is 5.92 Å². The van der Waals surface area contributed by atoms with Crippen LogP contribution in [-0.2, 0) is 0 Å². The van der Waals surface area contributed by atoms with E-state index in [9.17, 15) is 13.2 Å². The molecule has 1 atom stereocenters. The van der Waals surface area contributed by atoms with E-state index in [2.05, 4.69) is 24.2 Å². The smallest absolute Gasteiger partial charge is 0.312 e. The summed E-state index contributed by atoms with van der Waals surface area (Å²) in [6.07, 6.45) is 0.468. The molecule has 2 rings (SSSR count). The van der Waals surface area contributed by atoms with Gasteiger partial charge in [0, 0.05) is 24.7 Å². The van der Waals surface area contributed by atoms with Crippen molar-refractivity contribution in [3.05, 3.63) is 0 Å². The maximum Gasteiger partial charge on any atom is 0.391 e. The molecule has 2 nitrogen and oxygen atoms in total. The zero-order valence-corrected chi connectivity index (χ0v) is 11.8. The fraction of sp³-hybridized carbons (Fsp3) is 1.00. The average Bonchev–Trinajstić information content (AvgIpc) is 3.18. The molecule has 0 aromatic rings. The number of nitrogens with one attached hydrogen (secondary N) is 1. The highest BCUT2D eigenvalue weighted by molar-refractivity contribution is 4.87. The highest BCUT2D eigenvalue weighted by atomic mass is 19.4. The van der Waals surface area contributed by atoms with E-state index in [1.165, 1.54) is 12.8 Å². The van der Waals surface area contributed by atoms with Gasteiger partial charge in [0.25, 0.3) is 0 Å². The molecule has 0 aliphatic heterocycles. The molecule has 19 heavy (non-hydrogen) atoms. The average molecular weight is 278 g/mol. The molecule has 0 radical (unpaired) electrons. The van der Waals surface area contributed by atoms with E-state index < -0.39 is 12.1 Å². The number of hydrogen-bond acceptors (Lipinski definition) is 2. The van der Waals surface area contributed by atoms with Crippen molar-refractivity contribution in [1.29, 1.82) is 0 Å². The van der Waals surface area contributed by atoms with Gasteiger partial charge < -0.3 is 5.32 Å². The van der Waals surface area contributed by atoms with Crippen molar-refractivity contribution in [2.75, 3.05) is 13.6 Å². The van der Waals surface area contributed by atoms with Gasteiger partial charge in [-0.15, -0.1) is 0 Å². The molecular weight excluding hydrogens is 253 g/mol. The molecular formula is C14H25F3N2. The first-order valence-electron chi connectivity index (χ1n) is 7.40. The standard InChI is InChI=1S/C14H25F3N2/c1-10(19(2)13-7-8-13)9-18-12-5-3-11(4-6-12)14(15,16)17/h10-13,18H,3-9H2,1-2H3. The third-order valence-electron chi connectivity index (χ3n) is 4.71. The summed E-state index contributed by atoms with van der Waals surface area (Å²) in [6.45, 7) is 3.07. The summed E-state index contributed by atoms with van der Waals surface area (Å²) in [5.74, 6) is -1.07. The molecule has 1 N–H and O–H groups in total. The first-order valence-corrected chi connectivity index (χ1v) is 7.40. The Labute approximate surface area is 113 Å². The normalized spacial score (nSPS) is 30.6. The van der Waals surface area contributed by atoms with Crippen LogP contribution in [0, 0.1) is 5.92 Å². The summed E-state index contributed by atoms with van der Waals surface area (Å²) in [4.78, 5) is 2.38. The largest absolute Gasteiger partial charge is 0.391 e. The minimum Gasteiger partial charge on any atom is -0.312 e. The lowest BCUT2D eigenvalue weighted by atomic mass is 9.85. The van der Waals surface area contributed by atoms with E-state index in [0.717, 1.165) is 12.6 Å². The Morgan fingerprint density at radius 3 is 2.16 bits per heavy atom. The van der Waals surface area contributed by atoms with Crippen molar-refractivity contribution in [2.45, 2.75) is 69.8 Å². The van der Waals surface area contributed by atoms with Gasteiger partial charge in [0.1, 0.15) is 0 Å². The number of likely N-dealkylation sites (N-methyl/N-ethyl adjacent to an activating group) is 1. The molecule has 1 unspecified atom stereocenters. The van der Waals surface area contributed by atoms with Gasteiger partial charge in [-0.1, -0.05) is 0 Å². The van der Waals surface area contributed by atoms with Gasteiger partial charge in [0.2, 0.25) is 0 Å². The van der Waals surface area contributed by atoms with Crippen LogP contribution in [-0.4, -0.2) is 42.8 Å². The van der Waals surface area contributed by atoms with E-state index in [4.69, 9.17) is 0 Å². The fourth-order valence-corrected chi connectivity index (χ4v) is 2.95. The first kappa shape index (κ1) is 15.1. The Morgan fingerprint density at radius 2 is 1.68 bits per heavy atom. The first-order chi connectivity index (χ1) is 8.88. The third kappa shape index (κ3) is 4.35. The maximum absolute atomic E-state index is 12.6. The van der Waals surface area contributed by atoms with E-state index in [-0.39, 0.29) is 18.9 Å². The van der Waals surface area contributed by atoms with Crippen LogP contribution in [0.4, 0.5) is 13.2 Å². The lowest BCUT2D eigenvalue weighted by Gasteiger charge is -2.32. The molecule has 112 valence electrons. The molecule has 0 amide bonds. The molecule has 5 heteroatoms. The predicted molar refractivity (Wildman–Crippen MR) is 70.1 cm³/mol. The summed E-state index contributed by atoms with van der Waals surface area (Å²) >= 11 is 0. The Morgan fingerprint density at radius 1 is 1.11 bits per heavy atom. The van der Waals surface area contributed by atoms with E-state index in [0.29, 0.717) is 18.9 Å². The molecule has 2 aliphatic carbocycles. The summed E-state index contributed by atoms with van der Waals surface area (Å²) < 4.78 is 37.7. The third-order valence-corrected chi connectivity index (χ3v) is 4.71. The van der Waals surface area contributed by atoms with Crippen molar-refractivity contribution in [3.8, 4) is 0 Å². The number of hydrogen-bond donors (Lipinski definition) is 1. The van der Waals surface area contributed by atoms with Gasteiger partial charge in [-0.05, 0) is 52.5 Å². The fourth-order valence-electron chi connectivity index (χ4n) is 2.95. The summed E-state index contributed by atoms with van der Waals surface area (Å²) in [5.41, 5.74) is 0. The van der Waals surface area contributed by atoms with Gasteiger partial charge in [-0.25, -0.2) is 0 Å². The van der Waals surface area contributed by atoms with Crippen LogP contribution in [0.5, 0.6) is 0 Å². The summed E-state index contributed by atoms with van der Waals surface area (Å²) in [7, 11) is 2.14. The molecule has 2 fully saturated rings. The van der Waals surface area contributed by atoms with Crippen LogP contribution in [0.25, 0.3) is 0 Å². The van der Waals surface area contributed by atoms with Crippen LogP contribution < -0.4 is 5.32 Å². The highest BCUT2D eigenvalue weighted by Gasteiger charge is 2.41. The summed E-state index contributed by atoms with van der Waals surface area (Å²) in [5, 5.41) is 3.45.